The van der Waals surface area contributed by atoms with Crippen molar-refractivity contribution in [1.82, 2.24) is 20.2 Å². The Hall–Kier alpha value is -1.95. The molecule has 3 rings (SSSR count). The van der Waals surface area contributed by atoms with Gasteiger partial charge in [-0.15, -0.1) is 0 Å². The average molecular weight is 259 g/mol. The predicted molar refractivity (Wildman–Crippen MR) is 71.8 cm³/mol. The van der Waals surface area contributed by atoms with E-state index in [0.717, 1.165) is 38.5 Å². The van der Waals surface area contributed by atoms with Gasteiger partial charge >= 0.3 is 0 Å². The molecule has 1 N–H and O–H groups in total. The second-order valence-electron chi connectivity index (χ2n) is 4.69. The molecular formula is C13H17N5O. The number of nitrogens with zero attached hydrogens (tertiary/aromatic N) is 4. The first-order valence-electron chi connectivity index (χ1n) is 6.54. The second-order valence-corrected chi connectivity index (χ2v) is 4.69. The van der Waals surface area contributed by atoms with Crippen molar-refractivity contribution in [3.8, 4) is 0 Å². The molecule has 1 amide bonds. The van der Waals surface area contributed by atoms with Gasteiger partial charge in [-0.05, 0) is 0 Å². The lowest BCUT2D eigenvalue weighted by Crippen LogP contribution is -2.53. The van der Waals surface area contributed by atoms with E-state index in [0.29, 0.717) is 0 Å². The van der Waals surface area contributed by atoms with E-state index in [4.69, 9.17) is 0 Å². The number of anilines is 1. The first-order valence-corrected chi connectivity index (χ1v) is 6.54. The summed E-state index contributed by atoms with van der Waals surface area (Å²) in [5, 5.41) is 3.16. The molecule has 1 unspecified atom stereocenters. The van der Waals surface area contributed by atoms with Gasteiger partial charge in [-0.2, -0.15) is 0 Å². The highest BCUT2D eigenvalue weighted by Crippen LogP contribution is 2.12. The van der Waals surface area contributed by atoms with Gasteiger partial charge in [0.25, 0.3) is 0 Å². The molecule has 0 spiro atoms. The number of carbonyl (C=O) groups is 1. The monoisotopic (exact) mass is 259 g/mol. The molecule has 2 aliphatic heterocycles. The molecule has 3 heterocycles. The van der Waals surface area contributed by atoms with Crippen LogP contribution in [0.15, 0.2) is 30.7 Å². The summed E-state index contributed by atoms with van der Waals surface area (Å²) >= 11 is 0. The van der Waals surface area contributed by atoms with Crippen molar-refractivity contribution in [2.75, 3.05) is 37.6 Å². The van der Waals surface area contributed by atoms with Gasteiger partial charge in [0.1, 0.15) is 11.9 Å². The van der Waals surface area contributed by atoms with E-state index < -0.39 is 0 Å². The lowest BCUT2D eigenvalue weighted by Gasteiger charge is -2.36. The van der Waals surface area contributed by atoms with Crippen LogP contribution in [0.3, 0.4) is 0 Å². The Bertz CT molecular complexity index is 467. The maximum atomic E-state index is 12.2. The normalized spacial score (nSPS) is 22.8. The Kier molecular flexibility index (Phi) is 3.41. The zero-order valence-corrected chi connectivity index (χ0v) is 10.7. The van der Waals surface area contributed by atoms with E-state index >= 15 is 0 Å². The van der Waals surface area contributed by atoms with Crippen molar-refractivity contribution in [3.63, 3.8) is 0 Å². The van der Waals surface area contributed by atoms with Crippen LogP contribution in [-0.4, -0.2) is 59.5 Å². The Balaban J connectivity index is 1.57. The van der Waals surface area contributed by atoms with Gasteiger partial charge in [0.2, 0.25) is 5.91 Å². The highest BCUT2D eigenvalue weighted by atomic mass is 16.2. The Labute approximate surface area is 112 Å². The van der Waals surface area contributed by atoms with Crippen LogP contribution in [0.4, 0.5) is 5.82 Å². The lowest BCUT2D eigenvalue weighted by atomic mass is 10.2. The molecule has 0 bridgehead atoms. The second kappa shape index (κ2) is 5.36. The molecule has 100 valence electrons. The van der Waals surface area contributed by atoms with E-state index in [-0.39, 0.29) is 11.9 Å². The number of aromatic nitrogens is 2. The topological polar surface area (TPSA) is 61.4 Å². The Morgan fingerprint density at radius 1 is 1.26 bits per heavy atom. The van der Waals surface area contributed by atoms with Crippen molar-refractivity contribution >= 4 is 11.7 Å². The summed E-state index contributed by atoms with van der Waals surface area (Å²) in [6.07, 6.45) is 9.07. The minimum Gasteiger partial charge on any atom is -0.352 e. The van der Waals surface area contributed by atoms with Gasteiger partial charge in [0.05, 0.1) is 6.20 Å². The number of nitrogens with one attached hydrogen (secondary N) is 1. The zero-order valence-electron chi connectivity index (χ0n) is 10.7. The number of piperazine rings is 1. The van der Waals surface area contributed by atoms with Gasteiger partial charge in [-0.1, -0.05) is 12.2 Å². The molecular weight excluding hydrogens is 242 g/mol. The summed E-state index contributed by atoms with van der Waals surface area (Å²) in [5.74, 6) is 1.06. The van der Waals surface area contributed by atoms with Crippen LogP contribution in [0, 0.1) is 0 Å². The first kappa shape index (κ1) is 12.1. The molecule has 1 saturated heterocycles. The fraction of sp³-hybridized carbons (Fsp3) is 0.462. The van der Waals surface area contributed by atoms with Gasteiger partial charge in [0.15, 0.2) is 0 Å². The summed E-state index contributed by atoms with van der Waals surface area (Å²) < 4.78 is 0. The van der Waals surface area contributed by atoms with Crippen molar-refractivity contribution in [2.24, 2.45) is 0 Å². The summed E-state index contributed by atoms with van der Waals surface area (Å²) in [5.41, 5.74) is 0. The predicted octanol–water partition coefficient (Wildman–Crippen LogP) is -0.347. The van der Waals surface area contributed by atoms with Gasteiger partial charge in [-0.25, -0.2) is 4.98 Å². The van der Waals surface area contributed by atoms with E-state index in [9.17, 15) is 4.79 Å². The molecule has 19 heavy (non-hydrogen) atoms. The van der Waals surface area contributed by atoms with Crippen LogP contribution in [0.25, 0.3) is 0 Å². The number of amides is 1. The van der Waals surface area contributed by atoms with Crippen LogP contribution in [-0.2, 0) is 4.79 Å². The molecule has 1 fully saturated rings. The fourth-order valence-corrected chi connectivity index (χ4v) is 2.44. The van der Waals surface area contributed by atoms with Crippen molar-refractivity contribution < 1.29 is 4.79 Å². The van der Waals surface area contributed by atoms with Gasteiger partial charge < -0.3 is 9.80 Å². The van der Waals surface area contributed by atoms with Crippen molar-refractivity contribution in [2.45, 2.75) is 6.04 Å². The molecule has 0 radical (unpaired) electrons. The van der Waals surface area contributed by atoms with Crippen molar-refractivity contribution in [1.29, 1.82) is 0 Å². The summed E-state index contributed by atoms with van der Waals surface area (Å²) in [6, 6.07) is -0.136. The number of carbonyl (C=O) groups excluding carboxylic acids is 1. The molecule has 1 aromatic rings. The molecule has 6 nitrogen and oxygen atoms in total. The zero-order chi connectivity index (χ0) is 13.1. The number of rotatable bonds is 2. The summed E-state index contributed by atoms with van der Waals surface area (Å²) in [6.45, 7) is 3.88. The number of hydrogen-bond acceptors (Lipinski definition) is 5. The van der Waals surface area contributed by atoms with E-state index in [1.807, 2.05) is 17.1 Å². The van der Waals surface area contributed by atoms with E-state index in [1.54, 1.807) is 18.6 Å². The Morgan fingerprint density at radius 3 is 2.74 bits per heavy atom. The maximum Gasteiger partial charge on any atom is 0.243 e. The highest BCUT2D eigenvalue weighted by Gasteiger charge is 2.27. The Morgan fingerprint density at radius 2 is 2.11 bits per heavy atom. The molecule has 1 atom stereocenters. The molecule has 1 aromatic heterocycles. The third kappa shape index (κ3) is 2.58. The lowest BCUT2D eigenvalue weighted by molar-refractivity contribution is -0.132. The smallest absolute Gasteiger partial charge is 0.243 e. The number of hydrogen-bond donors (Lipinski definition) is 1. The molecule has 0 aromatic carbocycles. The maximum absolute atomic E-state index is 12.2. The SMILES string of the molecule is O=C(C1C=CCN1)N1CCN(c2cnccn2)CC1. The van der Waals surface area contributed by atoms with Crippen LogP contribution in [0.2, 0.25) is 0 Å². The quantitative estimate of drug-likeness (QED) is 0.736. The first-order chi connectivity index (χ1) is 9.34. The van der Waals surface area contributed by atoms with Crippen LogP contribution >= 0.6 is 0 Å². The largest absolute Gasteiger partial charge is 0.352 e. The molecule has 0 saturated carbocycles. The molecule has 2 aliphatic rings. The van der Waals surface area contributed by atoms with E-state index in [2.05, 4.69) is 20.2 Å². The van der Waals surface area contributed by atoms with E-state index in [1.165, 1.54) is 0 Å². The minimum absolute atomic E-state index is 0.136. The fourth-order valence-electron chi connectivity index (χ4n) is 2.44. The highest BCUT2D eigenvalue weighted by molar-refractivity contribution is 5.84. The standard InChI is InChI=1S/C13H17N5O/c19-13(11-2-1-3-15-11)18-8-6-17(7-9-18)12-10-14-4-5-16-12/h1-2,4-5,10-11,15H,3,6-9H2. The minimum atomic E-state index is -0.136. The van der Waals surface area contributed by atoms with Crippen LogP contribution < -0.4 is 10.2 Å². The summed E-state index contributed by atoms with van der Waals surface area (Å²) in [7, 11) is 0. The summed E-state index contributed by atoms with van der Waals surface area (Å²) in [4.78, 5) is 24.6. The average Bonchev–Trinajstić information content (AvgIpc) is 3.02. The van der Waals surface area contributed by atoms with Crippen LogP contribution in [0.5, 0.6) is 0 Å². The van der Waals surface area contributed by atoms with Crippen molar-refractivity contribution in [3.05, 3.63) is 30.7 Å². The van der Waals surface area contributed by atoms with Crippen LogP contribution in [0.1, 0.15) is 0 Å². The third-order valence-corrected chi connectivity index (χ3v) is 3.52. The molecule has 6 heteroatoms. The van der Waals surface area contributed by atoms with Gasteiger partial charge in [0, 0.05) is 45.1 Å². The third-order valence-electron chi connectivity index (χ3n) is 3.52. The van der Waals surface area contributed by atoms with Gasteiger partial charge in [-0.3, -0.25) is 15.1 Å². The molecule has 0 aliphatic carbocycles.